The minimum Gasteiger partial charge on any atom is -0.311 e. The first kappa shape index (κ1) is 17.6. The zero-order valence-electron chi connectivity index (χ0n) is 14.8. The van der Waals surface area contributed by atoms with E-state index in [0.29, 0.717) is 6.04 Å². The van der Waals surface area contributed by atoms with E-state index in [2.05, 4.69) is 22.2 Å². The number of nitro groups is 1. The normalized spacial score (nSPS) is 17.9. The van der Waals surface area contributed by atoms with Crippen molar-refractivity contribution in [3.05, 3.63) is 46.1 Å². The lowest BCUT2D eigenvalue weighted by Gasteiger charge is -2.22. The summed E-state index contributed by atoms with van der Waals surface area (Å²) in [5.41, 5.74) is 2.99. The lowest BCUT2D eigenvalue weighted by Crippen LogP contribution is -2.37. The van der Waals surface area contributed by atoms with Crippen LogP contribution in [-0.2, 0) is 13.6 Å². The Morgan fingerprint density at radius 3 is 2.80 bits per heavy atom. The van der Waals surface area contributed by atoms with Crippen molar-refractivity contribution >= 4 is 5.69 Å². The van der Waals surface area contributed by atoms with Crippen LogP contribution in [0.15, 0.2) is 30.5 Å². The van der Waals surface area contributed by atoms with E-state index in [9.17, 15) is 10.1 Å². The van der Waals surface area contributed by atoms with Crippen molar-refractivity contribution in [2.24, 2.45) is 7.05 Å². The predicted molar refractivity (Wildman–Crippen MR) is 97.3 cm³/mol. The van der Waals surface area contributed by atoms with Gasteiger partial charge in [-0.2, -0.15) is 5.10 Å². The number of nitro benzene ring substituents is 1. The van der Waals surface area contributed by atoms with Gasteiger partial charge < -0.3 is 5.32 Å². The lowest BCUT2D eigenvalue weighted by molar-refractivity contribution is -0.384. The molecule has 3 rings (SSSR count). The Bertz CT molecular complexity index is 726. The van der Waals surface area contributed by atoms with E-state index in [1.807, 2.05) is 13.2 Å². The molecule has 1 aromatic carbocycles. The van der Waals surface area contributed by atoms with Crippen LogP contribution in [0.1, 0.15) is 25.3 Å². The maximum atomic E-state index is 10.8. The number of nitrogens with one attached hydrogen (secondary N) is 1. The highest BCUT2D eigenvalue weighted by atomic mass is 16.6. The average molecular weight is 343 g/mol. The SMILES string of the molecule is CCN1CCCC1CNCc1cn(C)nc1-c1ccc([N+](=O)[O-])cc1. The van der Waals surface area contributed by atoms with Crippen molar-refractivity contribution in [3.8, 4) is 11.3 Å². The molecule has 2 aromatic rings. The molecule has 1 unspecified atom stereocenters. The van der Waals surface area contributed by atoms with Gasteiger partial charge in [0.05, 0.1) is 10.6 Å². The monoisotopic (exact) mass is 343 g/mol. The van der Waals surface area contributed by atoms with E-state index >= 15 is 0 Å². The summed E-state index contributed by atoms with van der Waals surface area (Å²) in [5, 5.41) is 18.9. The van der Waals surface area contributed by atoms with Gasteiger partial charge in [-0.05, 0) is 38.1 Å². The summed E-state index contributed by atoms with van der Waals surface area (Å²) in [6.45, 7) is 6.24. The summed E-state index contributed by atoms with van der Waals surface area (Å²) in [4.78, 5) is 12.9. The van der Waals surface area contributed by atoms with Crippen LogP contribution in [0.25, 0.3) is 11.3 Å². The van der Waals surface area contributed by atoms with E-state index in [1.165, 1.54) is 31.5 Å². The van der Waals surface area contributed by atoms with Crippen molar-refractivity contribution in [1.29, 1.82) is 0 Å². The van der Waals surface area contributed by atoms with Gasteiger partial charge in [0.15, 0.2) is 0 Å². The third-order valence-corrected chi connectivity index (χ3v) is 4.86. The lowest BCUT2D eigenvalue weighted by atomic mass is 10.1. The highest BCUT2D eigenvalue weighted by molar-refractivity contribution is 5.64. The zero-order valence-corrected chi connectivity index (χ0v) is 14.8. The Hall–Kier alpha value is -2.25. The molecule has 7 heteroatoms. The minimum atomic E-state index is -0.383. The van der Waals surface area contributed by atoms with Crippen LogP contribution < -0.4 is 5.32 Å². The van der Waals surface area contributed by atoms with Crippen molar-refractivity contribution in [2.75, 3.05) is 19.6 Å². The van der Waals surface area contributed by atoms with Crippen molar-refractivity contribution in [3.63, 3.8) is 0 Å². The minimum absolute atomic E-state index is 0.0975. The largest absolute Gasteiger partial charge is 0.311 e. The molecule has 1 aliphatic rings. The summed E-state index contributed by atoms with van der Waals surface area (Å²) in [5.74, 6) is 0. The van der Waals surface area contributed by atoms with Crippen LogP contribution in [0.5, 0.6) is 0 Å². The van der Waals surface area contributed by atoms with Crippen LogP contribution in [0, 0.1) is 10.1 Å². The van der Waals surface area contributed by atoms with Gasteiger partial charge in [0.2, 0.25) is 0 Å². The molecule has 134 valence electrons. The summed E-state index contributed by atoms with van der Waals surface area (Å²) >= 11 is 0. The first-order chi connectivity index (χ1) is 12.1. The molecule has 1 fully saturated rings. The number of nitrogens with zero attached hydrogens (tertiary/aromatic N) is 4. The summed E-state index contributed by atoms with van der Waals surface area (Å²) < 4.78 is 1.79. The Labute approximate surface area is 147 Å². The van der Waals surface area contributed by atoms with Gasteiger partial charge in [-0.1, -0.05) is 6.92 Å². The fourth-order valence-corrected chi connectivity index (χ4v) is 3.57. The number of aryl methyl sites for hydroxylation is 1. The summed E-state index contributed by atoms with van der Waals surface area (Å²) in [6.07, 6.45) is 4.54. The molecule has 1 atom stereocenters. The third kappa shape index (κ3) is 4.05. The molecule has 1 saturated heterocycles. The van der Waals surface area contributed by atoms with Gasteiger partial charge in [-0.25, -0.2) is 0 Å². The van der Waals surface area contributed by atoms with Crippen LogP contribution in [0.2, 0.25) is 0 Å². The highest BCUT2D eigenvalue weighted by Gasteiger charge is 2.22. The molecule has 0 aliphatic carbocycles. The molecule has 0 amide bonds. The van der Waals surface area contributed by atoms with Gasteiger partial charge >= 0.3 is 0 Å². The quantitative estimate of drug-likeness (QED) is 0.618. The van der Waals surface area contributed by atoms with Crippen LogP contribution in [-0.4, -0.2) is 45.3 Å². The fourth-order valence-electron chi connectivity index (χ4n) is 3.57. The maximum absolute atomic E-state index is 10.8. The standard InChI is InChI=1S/C18H25N5O2/c1-3-22-10-4-5-17(22)12-19-11-15-13-21(2)20-18(15)14-6-8-16(9-7-14)23(24)25/h6-9,13,17,19H,3-5,10-12H2,1-2H3. The molecule has 2 heterocycles. The molecule has 0 saturated carbocycles. The second-order valence-corrected chi connectivity index (χ2v) is 6.54. The number of likely N-dealkylation sites (tertiary alicyclic amines) is 1. The molecule has 1 aliphatic heterocycles. The number of aromatic nitrogens is 2. The maximum Gasteiger partial charge on any atom is 0.269 e. The Morgan fingerprint density at radius 1 is 1.36 bits per heavy atom. The van der Waals surface area contributed by atoms with Crippen LogP contribution in [0.4, 0.5) is 5.69 Å². The second-order valence-electron chi connectivity index (χ2n) is 6.54. The van der Waals surface area contributed by atoms with Gasteiger partial charge in [0.1, 0.15) is 0 Å². The van der Waals surface area contributed by atoms with Gasteiger partial charge in [0.25, 0.3) is 5.69 Å². The van der Waals surface area contributed by atoms with Crippen LogP contribution in [0.3, 0.4) is 0 Å². The topological polar surface area (TPSA) is 76.2 Å². The Balaban J connectivity index is 1.67. The molecule has 0 radical (unpaired) electrons. The number of rotatable bonds is 7. The summed E-state index contributed by atoms with van der Waals surface area (Å²) in [7, 11) is 1.90. The molecule has 7 nitrogen and oxygen atoms in total. The third-order valence-electron chi connectivity index (χ3n) is 4.86. The van der Waals surface area contributed by atoms with Crippen molar-refractivity contribution in [2.45, 2.75) is 32.4 Å². The van der Waals surface area contributed by atoms with Crippen molar-refractivity contribution in [1.82, 2.24) is 20.0 Å². The van der Waals surface area contributed by atoms with E-state index in [0.717, 1.165) is 36.5 Å². The molecule has 25 heavy (non-hydrogen) atoms. The van der Waals surface area contributed by atoms with E-state index < -0.39 is 0 Å². The number of benzene rings is 1. The molecule has 1 N–H and O–H groups in total. The summed E-state index contributed by atoms with van der Waals surface area (Å²) in [6, 6.07) is 7.20. The second kappa shape index (κ2) is 7.76. The molecular weight excluding hydrogens is 318 g/mol. The van der Waals surface area contributed by atoms with Crippen molar-refractivity contribution < 1.29 is 4.92 Å². The van der Waals surface area contributed by atoms with Gasteiger partial charge in [0, 0.05) is 55.6 Å². The number of hydrogen-bond acceptors (Lipinski definition) is 5. The van der Waals surface area contributed by atoms with E-state index in [-0.39, 0.29) is 10.6 Å². The first-order valence-corrected chi connectivity index (χ1v) is 8.80. The van der Waals surface area contributed by atoms with E-state index in [4.69, 9.17) is 0 Å². The van der Waals surface area contributed by atoms with Crippen LogP contribution >= 0.6 is 0 Å². The number of non-ortho nitro benzene ring substituents is 1. The predicted octanol–water partition coefficient (Wildman–Crippen LogP) is 2.57. The average Bonchev–Trinajstić information content (AvgIpc) is 3.21. The Kier molecular flexibility index (Phi) is 5.45. The fraction of sp³-hybridized carbons (Fsp3) is 0.500. The molecule has 0 bridgehead atoms. The Morgan fingerprint density at radius 2 is 2.12 bits per heavy atom. The number of likely N-dealkylation sites (N-methyl/N-ethyl adjacent to an activating group) is 1. The number of hydrogen-bond donors (Lipinski definition) is 1. The van der Waals surface area contributed by atoms with E-state index in [1.54, 1.807) is 16.8 Å². The molecule has 0 spiro atoms. The zero-order chi connectivity index (χ0) is 17.8. The first-order valence-electron chi connectivity index (χ1n) is 8.80. The molecular formula is C18H25N5O2. The molecule has 1 aromatic heterocycles. The van der Waals surface area contributed by atoms with Gasteiger partial charge in [-0.15, -0.1) is 0 Å². The highest BCUT2D eigenvalue weighted by Crippen LogP contribution is 2.24. The van der Waals surface area contributed by atoms with Gasteiger partial charge in [-0.3, -0.25) is 19.7 Å². The smallest absolute Gasteiger partial charge is 0.269 e.